The topological polar surface area (TPSA) is 0 Å². The summed E-state index contributed by atoms with van der Waals surface area (Å²) in [6, 6.07) is 5.06. The maximum atomic E-state index is 13.2. The highest BCUT2D eigenvalue weighted by Crippen LogP contribution is 2.32. The Morgan fingerprint density at radius 1 is 1.29 bits per heavy atom. The van der Waals surface area contributed by atoms with Crippen LogP contribution in [0, 0.1) is 11.7 Å². The van der Waals surface area contributed by atoms with Gasteiger partial charge in [0.05, 0.1) is 0 Å². The molecule has 1 fully saturated rings. The first-order valence-corrected chi connectivity index (χ1v) is 7.47. The molecule has 2 rings (SSSR count). The van der Waals surface area contributed by atoms with Gasteiger partial charge < -0.3 is 0 Å². The molecule has 1 unspecified atom stereocenters. The molecule has 0 nitrogen and oxygen atoms in total. The van der Waals surface area contributed by atoms with E-state index in [1.54, 1.807) is 6.07 Å². The molecule has 0 aromatic heterocycles. The molecule has 0 amide bonds. The van der Waals surface area contributed by atoms with E-state index in [2.05, 4.69) is 15.9 Å². The van der Waals surface area contributed by atoms with Crippen molar-refractivity contribution < 1.29 is 4.39 Å². The molecule has 94 valence electrons. The van der Waals surface area contributed by atoms with Gasteiger partial charge in [-0.05, 0) is 55.4 Å². The predicted octanol–water partition coefficient (Wildman–Crippen LogP) is 5.32. The molecule has 1 saturated carbocycles. The van der Waals surface area contributed by atoms with Gasteiger partial charge >= 0.3 is 0 Å². The summed E-state index contributed by atoms with van der Waals surface area (Å²) >= 11 is 9.72. The summed E-state index contributed by atoms with van der Waals surface area (Å²) in [5.41, 5.74) is 1.03. The quantitative estimate of drug-likeness (QED) is 0.659. The number of rotatable bonds is 4. The van der Waals surface area contributed by atoms with Gasteiger partial charge in [-0.3, -0.25) is 0 Å². The maximum absolute atomic E-state index is 13.2. The first-order chi connectivity index (χ1) is 8.15. The molecule has 1 aliphatic carbocycles. The van der Waals surface area contributed by atoms with Crippen LogP contribution in [0.4, 0.5) is 4.39 Å². The summed E-state index contributed by atoms with van der Waals surface area (Å²) in [6.45, 7) is 0. The van der Waals surface area contributed by atoms with E-state index in [0.29, 0.717) is 5.92 Å². The average Bonchev–Trinajstić information content (AvgIpc) is 2.78. The van der Waals surface area contributed by atoms with Crippen LogP contribution in [0.5, 0.6) is 0 Å². The Balaban J connectivity index is 1.88. The lowest BCUT2D eigenvalue weighted by molar-refractivity contribution is 0.492. The van der Waals surface area contributed by atoms with Crippen LogP contribution in [-0.2, 0) is 6.42 Å². The van der Waals surface area contributed by atoms with E-state index in [-0.39, 0.29) is 11.2 Å². The van der Waals surface area contributed by atoms with E-state index in [1.807, 2.05) is 6.07 Å². The fourth-order valence-corrected chi connectivity index (χ4v) is 3.49. The molecule has 3 heteroatoms. The number of alkyl halides is 1. The average molecular weight is 320 g/mol. The Bertz CT molecular complexity index is 354. The number of hydrogen-bond acceptors (Lipinski definition) is 0. The van der Waals surface area contributed by atoms with Gasteiger partial charge in [-0.2, -0.15) is 0 Å². The highest BCUT2D eigenvalue weighted by molar-refractivity contribution is 9.10. The standard InChI is InChI=1S/C14H17BrClF/c15-12-7-10(8-13(17)9-12)5-6-14(16)11-3-1-2-4-11/h7-9,11,14H,1-6H2. The summed E-state index contributed by atoms with van der Waals surface area (Å²) in [6.07, 6.45) is 6.98. The van der Waals surface area contributed by atoms with Crippen molar-refractivity contribution in [3.05, 3.63) is 34.1 Å². The zero-order chi connectivity index (χ0) is 12.3. The van der Waals surface area contributed by atoms with E-state index in [4.69, 9.17) is 11.6 Å². The maximum Gasteiger partial charge on any atom is 0.124 e. The summed E-state index contributed by atoms with van der Waals surface area (Å²) in [5.74, 6) is 0.495. The first-order valence-electron chi connectivity index (χ1n) is 6.24. The van der Waals surface area contributed by atoms with Crippen molar-refractivity contribution in [1.29, 1.82) is 0 Å². The Labute approximate surface area is 116 Å². The Kier molecular flexibility index (Phi) is 4.87. The van der Waals surface area contributed by atoms with Crippen molar-refractivity contribution >= 4 is 27.5 Å². The monoisotopic (exact) mass is 318 g/mol. The van der Waals surface area contributed by atoms with Crippen LogP contribution in [0.1, 0.15) is 37.7 Å². The molecular formula is C14H17BrClF. The summed E-state index contributed by atoms with van der Waals surface area (Å²) in [5, 5.41) is 0.250. The van der Waals surface area contributed by atoms with E-state index < -0.39 is 0 Å². The van der Waals surface area contributed by atoms with Crippen LogP contribution in [0.2, 0.25) is 0 Å². The normalized spacial score (nSPS) is 18.5. The molecular weight excluding hydrogens is 303 g/mol. The van der Waals surface area contributed by atoms with Gasteiger partial charge in [0.25, 0.3) is 0 Å². The van der Waals surface area contributed by atoms with Crippen molar-refractivity contribution in [1.82, 2.24) is 0 Å². The highest BCUT2D eigenvalue weighted by atomic mass is 79.9. The van der Waals surface area contributed by atoms with E-state index in [9.17, 15) is 4.39 Å². The van der Waals surface area contributed by atoms with E-state index >= 15 is 0 Å². The molecule has 0 radical (unpaired) electrons. The Morgan fingerprint density at radius 3 is 2.65 bits per heavy atom. The van der Waals surface area contributed by atoms with Gasteiger partial charge in [0.1, 0.15) is 5.82 Å². The minimum absolute atomic E-state index is 0.179. The van der Waals surface area contributed by atoms with Crippen molar-refractivity contribution in [3.8, 4) is 0 Å². The lowest BCUT2D eigenvalue weighted by atomic mass is 9.98. The van der Waals surface area contributed by atoms with Gasteiger partial charge in [0.2, 0.25) is 0 Å². The largest absolute Gasteiger partial charge is 0.207 e. The first kappa shape index (κ1) is 13.4. The van der Waals surface area contributed by atoms with Crippen LogP contribution in [0.25, 0.3) is 0 Å². The number of halogens is 3. The molecule has 0 N–H and O–H groups in total. The summed E-state index contributed by atoms with van der Waals surface area (Å²) < 4.78 is 14.0. The van der Waals surface area contributed by atoms with Gasteiger partial charge in [-0.1, -0.05) is 28.8 Å². The lowest BCUT2D eigenvalue weighted by Gasteiger charge is -2.16. The fraction of sp³-hybridized carbons (Fsp3) is 0.571. The Morgan fingerprint density at radius 2 is 2.00 bits per heavy atom. The smallest absolute Gasteiger partial charge is 0.124 e. The molecule has 1 atom stereocenters. The van der Waals surface area contributed by atoms with Crippen LogP contribution < -0.4 is 0 Å². The predicted molar refractivity (Wildman–Crippen MR) is 74.0 cm³/mol. The molecule has 0 heterocycles. The highest BCUT2D eigenvalue weighted by Gasteiger charge is 2.22. The molecule has 17 heavy (non-hydrogen) atoms. The van der Waals surface area contributed by atoms with Crippen LogP contribution in [0.15, 0.2) is 22.7 Å². The van der Waals surface area contributed by atoms with Crippen LogP contribution >= 0.6 is 27.5 Å². The number of aryl methyl sites for hydroxylation is 1. The zero-order valence-corrected chi connectivity index (χ0v) is 12.1. The van der Waals surface area contributed by atoms with E-state index in [0.717, 1.165) is 22.9 Å². The third kappa shape index (κ3) is 3.96. The number of hydrogen-bond donors (Lipinski definition) is 0. The third-order valence-corrected chi connectivity index (χ3v) is 4.57. The zero-order valence-electron chi connectivity index (χ0n) is 9.76. The van der Waals surface area contributed by atoms with Gasteiger partial charge in [0.15, 0.2) is 0 Å². The van der Waals surface area contributed by atoms with Crippen molar-refractivity contribution in [2.24, 2.45) is 5.92 Å². The lowest BCUT2D eigenvalue weighted by Crippen LogP contribution is -2.12. The van der Waals surface area contributed by atoms with Crippen molar-refractivity contribution in [2.45, 2.75) is 43.9 Å². The number of benzene rings is 1. The second kappa shape index (κ2) is 6.19. The second-order valence-corrected chi connectivity index (χ2v) is 6.35. The van der Waals surface area contributed by atoms with Gasteiger partial charge in [-0.25, -0.2) is 4.39 Å². The molecule has 0 aliphatic heterocycles. The van der Waals surface area contributed by atoms with Gasteiger partial charge in [0, 0.05) is 9.85 Å². The minimum Gasteiger partial charge on any atom is -0.207 e. The Hall–Kier alpha value is -0.0800. The van der Waals surface area contributed by atoms with Crippen molar-refractivity contribution in [3.63, 3.8) is 0 Å². The van der Waals surface area contributed by atoms with Gasteiger partial charge in [-0.15, -0.1) is 11.6 Å². The van der Waals surface area contributed by atoms with E-state index in [1.165, 1.54) is 31.7 Å². The van der Waals surface area contributed by atoms with Crippen LogP contribution in [0.3, 0.4) is 0 Å². The molecule has 0 saturated heterocycles. The third-order valence-electron chi connectivity index (χ3n) is 3.54. The molecule has 0 spiro atoms. The van der Waals surface area contributed by atoms with Crippen LogP contribution in [-0.4, -0.2) is 5.38 Å². The molecule has 1 aliphatic rings. The molecule has 0 bridgehead atoms. The summed E-state index contributed by atoms with van der Waals surface area (Å²) in [4.78, 5) is 0. The molecule has 1 aromatic rings. The SMILES string of the molecule is Fc1cc(Br)cc(CCC(Cl)C2CCCC2)c1. The molecule has 1 aromatic carbocycles. The minimum atomic E-state index is -0.179. The van der Waals surface area contributed by atoms with Crippen molar-refractivity contribution in [2.75, 3.05) is 0 Å². The second-order valence-electron chi connectivity index (χ2n) is 4.88. The fourth-order valence-electron chi connectivity index (χ4n) is 2.61. The summed E-state index contributed by atoms with van der Waals surface area (Å²) in [7, 11) is 0.